The zero-order valence-corrected chi connectivity index (χ0v) is 18.5. The first kappa shape index (κ1) is 21.4. The molecule has 0 saturated carbocycles. The van der Waals surface area contributed by atoms with Crippen molar-refractivity contribution >= 4 is 16.9 Å². The Morgan fingerprint density at radius 3 is 2.75 bits per heavy atom. The number of aromatic nitrogens is 7. The lowest BCUT2D eigenvalue weighted by molar-refractivity contribution is 0.0340. The molecule has 0 aromatic carbocycles. The summed E-state index contributed by atoms with van der Waals surface area (Å²) in [5, 5.41) is 31.3. The highest BCUT2D eigenvalue weighted by atomic mass is 16.3. The van der Waals surface area contributed by atoms with Gasteiger partial charge in [-0.15, -0.1) is 5.10 Å². The van der Waals surface area contributed by atoms with Crippen molar-refractivity contribution < 1.29 is 5.11 Å². The van der Waals surface area contributed by atoms with Crippen molar-refractivity contribution in [1.29, 1.82) is 5.26 Å². The molecule has 0 aliphatic rings. The molecule has 32 heavy (non-hydrogen) atoms. The molecule has 0 spiro atoms. The lowest BCUT2D eigenvalue weighted by Crippen LogP contribution is -2.29. The quantitative estimate of drug-likeness (QED) is 0.457. The van der Waals surface area contributed by atoms with Gasteiger partial charge in [0.2, 0.25) is 0 Å². The maximum absolute atomic E-state index is 10.3. The van der Waals surface area contributed by atoms with Crippen LogP contribution in [0.5, 0.6) is 0 Å². The van der Waals surface area contributed by atoms with Gasteiger partial charge in [0.25, 0.3) is 0 Å². The fraction of sp³-hybridized carbons (Fsp3) is 0.364. The maximum atomic E-state index is 10.3. The van der Waals surface area contributed by atoms with Gasteiger partial charge in [-0.2, -0.15) is 5.26 Å². The van der Waals surface area contributed by atoms with E-state index in [0.717, 1.165) is 11.3 Å². The minimum absolute atomic E-state index is 0.177. The topological polar surface area (TPSA) is 130 Å². The van der Waals surface area contributed by atoms with Crippen LogP contribution in [0.1, 0.15) is 39.7 Å². The molecule has 0 fully saturated rings. The molecular formula is C22H25N9O. The molecule has 4 aromatic heterocycles. The first-order chi connectivity index (χ1) is 15.3. The molecule has 4 heterocycles. The number of aliphatic hydroxyl groups is 1. The minimum atomic E-state index is -0.854. The van der Waals surface area contributed by atoms with E-state index in [9.17, 15) is 5.11 Å². The van der Waals surface area contributed by atoms with Gasteiger partial charge in [0.15, 0.2) is 5.65 Å². The Labute approximate surface area is 185 Å². The normalized spacial score (nSPS) is 13.3. The number of nitriles is 1. The van der Waals surface area contributed by atoms with Crippen LogP contribution in [0.25, 0.3) is 28.2 Å². The highest BCUT2D eigenvalue weighted by Gasteiger charge is 2.20. The summed E-state index contributed by atoms with van der Waals surface area (Å²) in [5.74, 6) is 0.637. The number of hydrogen-bond acceptors (Lipinski definition) is 8. The van der Waals surface area contributed by atoms with Crippen LogP contribution < -0.4 is 5.32 Å². The third kappa shape index (κ3) is 4.29. The van der Waals surface area contributed by atoms with Crippen molar-refractivity contribution in [3.8, 4) is 23.1 Å². The molecule has 1 atom stereocenters. The summed E-state index contributed by atoms with van der Waals surface area (Å²) in [7, 11) is 0. The van der Waals surface area contributed by atoms with Crippen LogP contribution in [0, 0.1) is 11.3 Å². The van der Waals surface area contributed by atoms with Gasteiger partial charge in [-0.1, -0.05) is 12.1 Å². The smallest absolute Gasteiger partial charge is 0.165 e. The lowest BCUT2D eigenvalue weighted by atomic mass is 10.0. The highest BCUT2D eigenvalue weighted by Crippen LogP contribution is 2.29. The van der Waals surface area contributed by atoms with Gasteiger partial charge in [-0.3, -0.25) is 4.57 Å². The summed E-state index contributed by atoms with van der Waals surface area (Å²) in [6.07, 6.45) is 7.32. The predicted octanol–water partition coefficient (Wildman–Crippen LogP) is 2.93. The number of nitrogens with zero attached hydrogens (tertiary/aromatic N) is 8. The predicted molar refractivity (Wildman–Crippen MR) is 120 cm³/mol. The van der Waals surface area contributed by atoms with Gasteiger partial charge in [-0.25, -0.2) is 19.6 Å². The van der Waals surface area contributed by atoms with Crippen molar-refractivity contribution in [2.45, 2.75) is 52.3 Å². The Morgan fingerprint density at radius 2 is 2.03 bits per heavy atom. The molecule has 10 heteroatoms. The Kier molecular flexibility index (Phi) is 5.59. The monoisotopic (exact) mass is 431 g/mol. The molecule has 4 aromatic rings. The molecule has 0 radical (unpaired) electrons. The summed E-state index contributed by atoms with van der Waals surface area (Å²) in [5.41, 5.74) is 3.15. The van der Waals surface area contributed by atoms with E-state index in [1.807, 2.05) is 19.2 Å². The van der Waals surface area contributed by atoms with Crippen LogP contribution in [-0.2, 0) is 6.54 Å². The van der Waals surface area contributed by atoms with Gasteiger partial charge in [-0.05, 0) is 33.3 Å². The summed E-state index contributed by atoms with van der Waals surface area (Å²) in [6, 6.07) is 5.87. The van der Waals surface area contributed by atoms with Crippen LogP contribution in [0.2, 0.25) is 0 Å². The van der Waals surface area contributed by atoms with Crippen LogP contribution in [0.3, 0.4) is 0 Å². The summed E-state index contributed by atoms with van der Waals surface area (Å²) in [6.45, 7) is 8.17. The van der Waals surface area contributed by atoms with E-state index in [-0.39, 0.29) is 6.04 Å². The van der Waals surface area contributed by atoms with E-state index >= 15 is 0 Å². The first-order valence-corrected chi connectivity index (χ1v) is 10.4. The lowest BCUT2D eigenvalue weighted by Gasteiger charge is -2.20. The molecule has 4 rings (SSSR count). The van der Waals surface area contributed by atoms with E-state index in [1.54, 1.807) is 34.8 Å². The Balaban J connectivity index is 1.74. The van der Waals surface area contributed by atoms with Crippen molar-refractivity contribution in [2.75, 3.05) is 5.32 Å². The average Bonchev–Trinajstić information content (AvgIpc) is 3.39. The van der Waals surface area contributed by atoms with E-state index in [4.69, 9.17) is 5.26 Å². The number of imidazole rings is 1. The minimum Gasteiger partial charge on any atom is -0.388 e. The van der Waals surface area contributed by atoms with Crippen molar-refractivity contribution in [2.24, 2.45) is 0 Å². The van der Waals surface area contributed by atoms with Crippen LogP contribution in [0.15, 0.2) is 37.1 Å². The number of fused-ring (bicyclic) bond motifs is 1. The fourth-order valence-corrected chi connectivity index (χ4v) is 3.30. The average molecular weight is 432 g/mol. The standard InChI is InChI=1S/C22H25N9O/c1-5-22(4,32)12-30-11-19(28-29-30)16-10-24-20(7-17(16)27-14(2)3)31-13-26-18-6-15(8-23)9-25-21(18)31/h6-7,9-11,13-14,32H,5,12H2,1-4H3,(H,24,27). The van der Waals surface area contributed by atoms with Crippen molar-refractivity contribution in [3.63, 3.8) is 0 Å². The second kappa shape index (κ2) is 8.36. The Morgan fingerprint density at radius 1 is 1.22 bits per heavy atom. The van der Waals surface area contributed by atoms with Gasteiger partial charge in [0.1, 0.15) is 29.4 Å². The molecule has 0 bridgehead atoms. The highest BCUT2D eigenvalue weighted by molar-refractivity contribution is 5.78. The van der Waals surface area contributed by atoms with Gasteiger partial charge in [0.05, 0.1) is 23.9 Å². The van der Waals surface area contributed by atoms with Crippen LogP contribution in [-0.4, -0.2) is 51.3 Å². The number of hydrogen-bond donors (Lipinski definition) is 2. The zero-order chi connectivity index (χ0) is 22.9. The third-order valence-electron chi connectivity index (χ3n) is 5.18. The summed E-state index contributed by atoms with van der Waals surface area (Å²) < 4.78 is 3.42. The van der Waals surface area contributed by atoms with Crippen LogP contribution >= 0.6 is 0 Å². The number of anilines is 1. The maximum Gasteiger partial charge on any atom is 0.165 e. The second-order valence-electron chi connectivity index (χ2n) is 8.33. The Hall–Kier alpha value is -3.84. The number of rotatable bonds is 7. The summed E-state index contributed by atoms with van der Waals surface area (Å²) >= 11 is 0. The molecule has 1 unspecified atom stereocenters. The molecule has 0 aliphatic heterocycles. The van der Waals surface area contributed by atoms with Crippen LogP contribution in [0.4, 0.5) is 5.69 Å². The number of pyridine rings is 2. The molecule has 164 valence electrons. The molecule has 0 amide bonds. The van der Waals surface area contributed by atoms with Gasteiger partial charge in [0, 0.05) is 35.8 Å². The first-order valence-electron chi connectivity index (χ1n) is 10.4. The van der Waals surface area contributed by atoms with E-state index in [2.05, 4.69) is 50.5 Å². The molecule has 10 nitrogen and oxygen atoms in total. The molecule has 0 aliphatic carbocycles. The Bertz CT molecular complexity index is 1300. The van der Waals surface area contributed by atoms with Crippen molar-refractivity contribution in [1.82, 2.24) is 34.5 Å². The SMILES string of the molecule is CCC(C)(O)Cn1cc(-c2cnc(-n3cnc4cc(C#N)cnc43)cc2NC(C)C)nn1. The molecular weight excluding hydrogens is 406 g/mol. The number of nitrogens with one attached hydrogen (secondary N) is 1. The summed E-state index contributed by atoms with van der Waals surface area (Å²) in [4.78, 5) is 13.3. The molecule has 0 saturated heterocycles. The second-order valence-corrected chi connectivity index (χ2v) is 8.33. The van der Waals surface area contributed by atoms with E-state index in [1.165, 1.54) is 6.20 Å². The van der Waals surface area contributed by atoms with E-state index in [0.29, 0.717) is 41.2 Å². The van der Waals surface area contributed by atoms with Crippen molar-refractivity contribution in [3.05, 3.63) is 42.6 Å². The zero-order valence-electron chi connectivity index (χ0n) is 18.5. The third-order valence-corrected chi connectivity index (χ3v) is 5.18. The van der Waals surface area contributed by atoms with E-state index < -0.39 is 5.60 Å². The fourth-order valence-electron chi connectivity index (χ4n) is 3.30. The van der Waals surface area contributed by atoms with Gasteiger partial charge >= 0.3 is 0 Å². The molecule has 2 N–H and O–H groups in total. The largest absolute Gasteiger partial charge is 0.388 e. The van der Waals surface area contributed by atoms with Gasteiger partial charge < -0.3 is 10.4 Å².